The molecule has 7 heteroatoms. The highest BCUT2D eigenvalue weighted by Crippen LogP contribution is 2.43. The minimum Gasteiger partial charge on any atom is -0.497 e. The van der Waals surface area contributed by atoms with Gasteiger partial charge in [0.25, 0.3) is 0 Å². The summed E-state index contributed by atoms with van der Waals surface area (Å²) in [5, 5.41) is 10.7. The van der Waals surface area contributed by atoms with E-state index >= 15 is 0 Å². The molecule has 5 rings (SSSR count). The Bertz CT molecular complexity index is 1210. The Morgan fingerprint density at radius 2 is 1.93 bits per heavy atom. The maximum Gasteiger partial charge on any atom is 0.192 e. The van der Waals surface area contributed by atoms with E-state index in [1.54, 1.807) is 19.2 Å². The average Bonchev–Trinajstić information content (AvgIpc) is 3.40. The van der Waals surface area contributed by atoms with Gasteiger partial charge in [0.15, 0.2) is 16.8 Å². The molecule has 0 radical (unpaired) electrons. The van der Waals surface area contributed by atoms with E-state index in [1.165, 1.54) is 11.8 Å². The lowest BCUT2D eigenvalue weighted by Crippen LogP contribution is -2.14. The number of nitrogens with zero attached hydrogens (tertiary/aromatic N) is 3. The second-order valence-corrected chi connectivity index (χ2v) is 8.82. The Kier molecular flexibility index (Phi) is 4.83. The molecule has 0 amide bonds. The van der Waals surface area contributed by atoms with Crippen molar-refractivity contribution in [3.63, 3.8) is 0 Å². The molecule has 1 N–H and O–H groups in total. The van der Waals surface area contributed by atoms with Crippen molar-refractivity contribution in [1.29, 1.82) is 0 Å². The number of ketones is 1. The van der Waals surface area contributed by atoms with Crippen molar-refractivity contribution in [2.45, 2.75) is 36.2 Å². The van der Waals surface area contributed by atoms with Crippen molar-refractivity contribution in [3.8, 4) is 17.1 Å². The van der Waals surface area contributed by atoms with E-state index in [-0.39, 0.29) is 11.0 Å². The van der Waals surface area contributed by atoms with Crippen molar-refractivity contribution >= 4 is 28.4 Å². The summed E-state index contributed by atoms with van der Waals surface area (Å²) in [6.45, 7) is 1.93. The molecule has 2 heterocycles. The van der Waals surface area contributed by atoms with E-state index in [1.807, 2.05) is 37.4 Å². The van der Waals surface area contributed by atoms with E-state index in [9.17, 15) is 4.79 Å². The first-order valence-corrected chi connectivity index (χ1v) is 10.9. The van der Waals surface area contributed by atoms with Gasteiger partial charge >= 0.3 is 0 Å². The van der Waals surface area contributed by atoms with Crippen LogP contribution in [0.25, 0.3) is 22.3 Å². The molecule has 2 aromatic carbocycles. The van der Waals surface area contributed by atoms with Gasteiger partial charge < -0.3 is 9.72 Å². The molecule has 0 aliphatic heterocycles. The van der Waals surface area contributed by atoms with Crippen LogP contribution in [0.5, 0.6) is 5.75 Å². The van der Waals surface area contributed by atoms with Gasteiger partial charge in [-0.3, -0.25) is 9.36 Å². The number of H-pyrrole nitrogens is 1. The number of Topliss-reactive ketones (excluding diaryl/α,β-unsaturated/α-hetero) is 1. The second kappa shape index (κ2) is 7.65. The molecule has 1 fully saturated rings. The average molecular weight is 419 g/mol. The van der Waals surface area contributed by atoms with Crippen molar-refractivity contribution < 1.29 is 9.53 Å². The molecule has 6 nitrogen and oxygen atoms in total. The molecule has 1 unspecified atom stereocenters. The Hall–Kier alpha value is -3.06. The molecule has 0 saturated heterocycles. The Balaban J connectivity index is 1.44. The van der Waals surface area contributed by atoms with Gasteiger partial charge in [0.2, 0.25) is 0 Å². The normalized spacial score (nSPS) is 14.7. The molecule has 0 bridgehead atoms. The van der Waals surface area contributed by atoms with Crippen molar-refractivity contribution in [1.82, 2.24) is 19.7 Å². The van der Waals surface area contributed by atoms with E-state index in [2.05, 4.69) is 31.9 Å². The largest absolute Gasteiger partial charge is 0.497 e. The number of thioether (sulfide) groups is 1. The van der Waals surface area contributed by atoms with Gasteiger partial charge in [-0.25, -0.2) is 0 Å². The number of rotatable bonds is 7. The number of fused-ring (bicyclic) bond motifs is 1. The summed E-state index contributed by atoms with van der Waals surface area (Å²) >= 11 is 1.47. The van der Waals surface area contributed by atoms with Crippen LogP contribution in [-0.4, -0.2) is 37.9 Å². The third kappa shape index (κ3) is 3.39. The van der Waals surface area contributed by atoms with Crippen LogP contribution < -0.4 is 4.74 Å². The molecule has 152 valence electrons. The van der Waals surface area contributed by atoms with Crippen LogP contribution in [0, 0.1) is 0 Å². The molecule has 30 heavy (non-hydrogen) atoms. The molecular weight excluding hydrogens is 396 g/mol. The number of benzene rings is 2. The molecule has 1 saturated carbocycles. The molecule has 0 spiro atoms. The monoisotopic (exact) mass is 418 g/mol. The van der Waals surface area contributed by atoms with Crippen LogP contribution in [0.4, 0.5) is 0 Å². The van der Waals surface area contributed by atoms with Crippen LogP contribution in [0.1, 0.15) is 36.2 Å². The van der Waals surface area contributed by atoms with Gasteiger partial charge in [0, 0.05) is 34.3 Å². The number of para-hydroxylation sites is 1. The molecule has 2 aromatic heterocycles. The maximum absolute atomic E-state index is 12.9. The lowest BCUT2D eigenvalue weighted by molar-refractivity contribution is 0.0994. The van der Waals surface area contributed by atoms with Gasteiger partial charge in [-0.1, -0.05) is 30.0 Å². The maximum atomic E-state index is 12.9. The van der Waals surface area contributed by atoms with Crippen LogP contribution in [0.3, 0.4) is 0 Å². The lowest BCUT2D eigenvalue weighted by Gasteiger charge is -2.12. The number of methoxy groups -OCH3 is 1. The summed E-state index contributed by atoms with van der Waals surface area (Å²) in [7, 11) is 1.62. The number of aromatic nitrogens is 4. The van der Waals surface area contributed by atoms with Gasteiger partial charge in [-0.2, -0.15) is 0 Å². The van der Waals surface area contributed by atoms with Crippen molar-refractivity contribution in [2.24, 2.45) is 0 Å². The van der Waals surface area contributed by atoms with Crippen molar-refractivity contribution in [2.75, 3.05) is 7.11 Å². The first kappa shape index (κ1) is 18.9. The van der Waals surface area contributed by atoms with Crippen LogP contribution in [-0.2, 0) is 0 Å². The highest BCUT2D eigenvalue weighted by Gasteiger charge is 2.32. The molecular formula is C23H22N4O2S. The highest BCUT2D eigenvalue weighted by atomic mass is 32.2. The summed E-state index contributed by atoms with van der Waals surface area (Å²) in [4.78, 5) is 16.3. The summed E-state index contributed by atoms with van der Waals surface area (Å²) in [6, 6.07) is 15.8. The van der Waals surface area contributed by atoms with Crippen LogP contribution >= 0.6 is 11.8 Å². The number of ether oxygens (including phenoxy) is 1. The quantitative estimate of drug-likeness (QED) is 0.333. The number of nitrogens with one attached hydrogen (secondary N) is 1. The van der Waals surface area contributed by atoms with Gasteiger partial charge in [0.05, 0.1) is 12.4 Å². The van der Waals surface area contributed by atoms with Crippen LogP contribution in [0.2, 0.25) is 0 Å². The number of carbonyl (C=O) groups excluding carboxylic acids is 1. The fourth-order valence-electron chi connectivity index (χ4n) is 3.66. The standard InChI is InChI=1S/C23H22N4O2S/c1-14(21(28)15-7-11-17(29-2)12-8-15)30-23-26-25-22(27(23)16-9-10-16)19-13-24-20-6-4-3-5-18(19)20/h3-8,11-14,16,24H,9-10H2,1-2H3. The van der Waals surface area contributed by atoms with Crippen LogP contribution in [0.15, 0.2) is 59.9 Å². The zero-order valence-corrected chi connectivity index (χ0v) is 17.6. The third-order valence-electron chi connectivity index (χ3n) is 5.43. The number of carbonyl (C=O) groups is 1. The summed E-state index contributed by atoms with van der Waals surface area (Å²) in [6.07, 6.45) is 4.22. The Morgan fingerprint density at radius 1 is 1.17 bits per heavy atom. The fraction of sp³-hybridized carbons (Fsp3) is 0.261. The first-order chi connectivity index (χ1) is 14.7. The van der Waals surface area contributed by atoms with E-state index in [4.69, 9.17) is 4.74 Å². The van der Waals surface area contributed by atoms with Gasteiger partial charge in [-0.15, -0.1) is 10.2 Å². The van der Waals surface area contributed by atoms with Crippen molar-refractivity contribution in [3.05, 3.63) is 60.3 Å². The molecule has 1 aliphatic carbocycles. The SMILES string of the molecule is COc1ccc(C(=O)C(C)Sc2nnc(-c3c[nH]c4ccccc34)n2C2CC2)cc1. The number of aromatic amines is 1. The predicted molar refractivity (Wildman–Crippen MR) is 118 cm³/mol. The minimum absolute atomic E-state index is 0.0710. The third-order valence-corrected chi connectivity index (χ3v) is 6.49. The predicted octanol–water partition coefficient (Wildman–Crippen LogP) is 5.13. The highest BCUT2D eigenvalue weighted by molar-refractivity contribution is 8.00. The van der Waals surface area contributed by atoms with E-state index in [0.29, 0.717) is 11.6 Å². The zero-order chi connectivity index (χ0) is 20.7. The Labute approximate surface area is 178 Å². The Morgan fingerprint density at radius 3 is 2.67 bits per heavy atom. The smallest absolute Gasteiger partial charge is 0.192 e. The summed E-state index contributed by atoms with van der Waals surface area (Å²) < 4.78 is 7.39. The molecule has 4 aromatic rings. The zero-order valence-electron chi connectivity index (χ0n) is 16.8. The molecule has 1 aliphatic rings. The van der Waals surface area contributed by atoms with E-state index < -0.39 is 0 Å². The fourth-order valence-corrected chi connectivity index (χ4v) is 4.66. The number of hydrogen-bond acceptors (Lipinski definition) is 5. The van der Waals surface area contributed by atoms with Gasteiger partial charge in [0.1, 0.15) is 5.75 Å². The first-order valence-electron chi connectivity index (χ1n) is 10.0. The summed E-state index contributed by atoms with van der Waals surface area (Å²) in [5.74, 6) is 1.67. The summed E-state index contributed by atoms with van der Waals surface area (Å²) in [5.41, 5.74) is 2.80. The molecule has 1 atom stereocenters. The minimum atomic E-state index is -0.268. The number of hydrogen-bond donors (Lipinski definition) is 1. The lowest BCUT2D eigenvalue weighted by atomic mass is 10.1. The second-order valence-electron chi connectivity index (χ2n) is 7.51. The van der Waals surface area contributed by atoms with Gasteiger partial charge in [-0.05, 0) is 50.1 Å². The topological polar surface area (TPSA) is 72.8 Å². The van der Waals surface area contributed by atoms with E-state index in [0.717, 1.165) is 46.0 Å².